The maximum atomic E-state index is 6.89. The first-order chi connectivity index (χ1) is 13.7. The van der Waals surface area contributed by atoms with Crippen LogP contribution in [0.25, 0.3) is 0 Å². The molecule has 0 aromatic rings. The van der Waals surface area contributed by atoms with E-state index in [2.05, 4.69) is 39.5 Å². The summed E-state index contributed by atoms with van der Waals surface area (Å²) >= 11 is -1.07. The first-order valence-electron chi connectivity index (χ1n) is 13.1. The summed E-state index contributed by atoms with van der Waals surface area (Å²) in [6.45, 7) is 13.9. The van der Waals surface area contributed by atoms with E-state index in [0.717, 1.165) is 6.42 Å². The van der Waals surface area contributed by atoms with Gasteiger partial charge in [-0.3, -0.25) is 4.90 Å². The Labute approximate surface area is 183 Å². The van der Waals surface area contributed by atoms with Gasteiger partial charge in [0, 0.05) is 13.1 Å². The van der Waals surface area contributed by atoms with Crippen LogP contribution in [-0.4, -0.2) is 38.7 Å². The van der Waals surface area contributed by atoms with Crippen LogP contribution in [0.4, 0.5) is 0 Å². The third kappa shape index (κ3) is 16.3. The summed E-state index contributed by atoms with van der Waals surface area (Å²) < 4.78 is 6.89. The first kappa shape index (κ1) is 28.5. The van der Waals surface area contributed by atoms with Gasteiger partial charge in [0.15, 0.2) is 0 Å². The van der Waals surface area contributed by atoms with Crippen molar-refractivity contribution in [2.45, 2.75) is 148 Å². The van der Waals surface area contributed by atoms with Gasteiger partial charge in [0.1, 0.15) is 0 Å². The Bertz CT molecular complexity index is 278. The zero-order chi connectivity index (χ0) is 20.9. The summed E-state index contributed by atoms with van der Waals surface area (Å²) in [5.41, 5.74) is 0. The van der Waals surface area contributed by atoms with Crippen LogP contribution in [-0.2, 0) is 3.79 Å². The molecule has 0 spiro atoms. The van der Waals surface area contributed by atoms with Gasteiger partial charge in [-0.2, -0.15) is 0 Å². The van der Waals surface area contributed by atoms with Gasteiger partial charge in [-0.15, -0.1) is 0 Å². The predicted molar refractivity (Wildman–Crippen MR) is 129 cm³/mol. The van der Waals surface area contributed by atoms with Crippen LogP contribution in [0.15, 0.2) is 0 Å². The number of hydrogen-bond acceptors (Lipinski definition) is 2. The minimum atomic E-state index is -1.07. The molecular weight excluding hydrogens is 357 g/mol. The van der Waals surface area contributed by atoms with E-state index in [1.807, 2.05) is 0 Å². The molecule has 28 heavy (non-hydrogen) atoms. The van der Waals surface area contributed by atoms with E-state index in [4.69, 9.17) is 3.79 Å². The van der Waals surface area contributed by atoms with Gasteiger partial charge in [-0.1, -0.05) is 122 Å². The predicted octanol–water partition coefficient (Wildman–Crippen LogP) is 8.57. The third-order valence-electron chi connectivity index (χ3n) is 5.89. The zero-order valence-corrected chi connectivity index (χ0v) is 21.6. The standard InChI is InChI=1S/C9H20NO.2C8H17.Al/c1-4-7-10(8-5-2)9(11)6-3;2*1-3-5-7-8-6-4-2;/h9H,4-8H2,1-3H3;2*1,3-8H2,2H3;/q-1;;;+1. The molecule has 0 radical (unpaired) electrons. The lowest BCUT2D eigenvalue weighted by atomic mass is 10.1. The van der Waals surface area contributed by atoms with Crippen molar-refractivity contribution in [3.63, 3.8) is 0 Å². The molecule has 0 fully saturated rings. The summed E-state index contributed by atoms with van der Waals surface area (Å²) in [6, 6.07) is 0. The fraction of sp³-hybridized carbons (Fsp3) is 1.00. The molecule has 0 rings (SSSR count). The smallest absolute Gasteiger partial charge is 0.461 e. The molecule has 2 nitrogen and oxygen atoms in total. The summed E-state index contributed by atoms with van der Waals surface area (Å²) in [6.07, 6.45) is 20.9. The van der Waals surface area contributed by atoms with Gasteiger partial charge in [-0.05, 0) is 19.3 Å². The van der Waals surface area contributed by atoms with Crippen molar-refractivity contribution >= 4 is 14.5 Å². The van der Waals surface area contributed by atoms with Gasteiger partial charge >= 0.3 is 14.5 Å². The topological polar surface area (TPSA) is 12.5 Å². The summed E-state index contributed by atoms with van der Waals surface area (Å²) in [7, 11) is 0. The zero-order valence-electron chi connectivity index (χ0n) is 20.4. The minimum Gasteiger partial charge on any atom is -0.487 e. The van der Waals surface area contributed by atoms with Gasteiger partial charge in [-0.25, -0.2) is 0 Å². The second-order valence-electron chi connectivity index (χ2n) is 8.77. The van der Waals surface area contributed by atoms with E-state index in [0.29, 0.717) is 6.23 Å². The van der Waals surface area contributed by atoms with Crippen LogP contribution in [0.1, 0.15) is 131 Å². The maximum Gasteiger partial charge on any atom is 0.461 e. The average Bonchev–Trinajstić information content (AvgIpc) is 2.70. The number of unbranched alkanes of at least 4 members (excludes halogenated alkanes) is 10. The van der Waals surface area contributed by atoms with Crippen molar-refractivity contribution in [1.82, 2.24) is 4.90 Å². The SMILES string of the molecule is CCCCCCC[CH2][Al]([CH2]CCCCCCC)[O]C(CC)N(CCC)CCC. The molecule has 0 aliphatic rings. The average molecular weight is 412 g/mol. The van der Waals surface area contributed by atoms with Gasteiger partial charge < -0.3 is 3.79 Å². The van der Waals surface area contributed by atoms with Gasteiger partial charge in [0.2, 0.25) is 0 Å². The quantitative estimate of drug-likeness (QED) is 0.100. The molecule has 0 aliphatic heterocycles. The Morgan fingerprint density at radius 2 is 1.00 bits per heavy atom. The molecule has 0 amide bonds. The van der Waals surface area contributed by atoms with E-state index in [1.54, 1.807) is 0 Å². The van der Waals surface area contributed by atoms with Crippen LogP contribution < -0.4 is 0 Å². The van der Waals surface area contributed by atoms with Crippen molar-refractivity contribution in [1.29, 1.82) is 0 Å². The molecule has 0 aliphatic carbocycles. The Balaban J connectivity index is 4.47. The van der Waals surface area contributed by atoms with E-state index < -0.39 is 14.5 Å². The lowest BCUT2D eigenvalue weighted by Crippen LogP contribution is -2.41. The highest BCUT2D eigenvalue weighted by Gasteiger charge is 2.26. The Morgan fingerprint density at radius 1 is 0.571 bits per heavy atom. The van der Waals surface area contributed by atoms with Crippen LogP contribution >= 0.6 is 0 Å². The molecule has 0 N–H and O–H groups in total. The molecular formula is C25H54AlNO. The van der Waals surface area contributed by atoms with Crippen LogP contribution in [0.5, 0.6) is 0 Å². The number of rotatable bonds is 22. The summed E-state index contributed by atoms with van der Waals surface area (Å²) in [5.74, 6) is 0. The fourth-order valence-corrected chi connectivity index (χ4v) is 7.08. The van der Waals surface area contributed by atoms with Crippen molar-refractivity contribution in [3.8, 4) is 0 Å². The molecule has 168 valence electrons. The van der Waals surface area contributed by atoms with Gasteiger partial charge in [0.05, 0.1) is 6.23 Å². The maximum absolute atomic E-state index is 6.89. The Hall–Kier alpha value is 0.452. The first-order valence-corrected chi connectivity index (χ1v) is 15.2. The molecule has 0 bridgehead atoms. The van der Waals surface area contributed by atoms with Gasteiger partial charge in [0.25, 0.3) is 0 Å². The molecule has 0 saturated carbocycles. The van der Waals surface area contributed by atoms with Crippen molar-refractivity contribution in [2.75, 3.05) is 13.1 Å². The van der Waals surface area contributed by atoms with Crippen molar-refractivity contribution in [3.05, 3.63) is 0 Å². The molecule has 0 aromatic heterocycles. The number of nitrogens with zero attached hydrogens (tertiary/aromatic N) is 1. The van der Waals surface area contributed by atoms with E-state index >= 15 is 0 Å². The van der Waals surface area contributed by atoms with Crippen LogP contribution in [0.3, 0.4) is 0 Å². The Morgan fingerprint density at radius 3 is 1.39 bits per heavy atom. The highest BCUT2D eigenvalue weighted by atomic mass is 27.2. The monoisotopic (exact) mass is 411 g/mol. The lowest BCUT2D eigenvalue weighted by molar-refractivity contribution is 0.0188. The lowest BCUT2D eigenvalue weighted by Gasteiger charge is -2.33. The fourth-order valence-electron chi connectivity index (χ4n) is 4.22. The second-order valence-corrected chi connectivity index (χ2v) is 11.4. The molecule has 3 heteroatoms. The largest absolute Gasteiger partial charge is 0.487 e. The molecule has 0 saturated heterocycles. The van der Waals surface area contributed by atoms with Crippen LogP contribution in [0, 0.1) is 0 Å². The van der Waals surface area contributed by atoms with E-state index in [9.17, 15) is 0 Å². The second kappa shape index (κ2) is 22.1. The summed E-state index contributed by atoms with van der Waals surface area (Å²) in [5, 5.41) is 2.81. The third-order valence-corrected chi connectivity index (χ3v) is 8.69. The molecule has 0 heterocycles. The highest BCUT2D eigenvalue weighted by Crippen LogP contribution is 2.19. The molecule has 1 unspecified atom stereocenters. The van der Waals surface area contributed by atoms with Crippen LogP contribution in [0.2, 0.25) is 10.6 Å². The van der Waals surface area contributed by atoms with E-state index in [-0.39, 0.29) is 0 Å². The normalized spacial score (nSPS) is 12.6. The highest BCUT2D eigenvalue weighted by molar-refractivity contribution is 6.51. The molecule has 0 aromatic carbocycles. The van der Waals surface area contributed by atoms with E-state index in [1.165, 1.54) is 114 Å². The molecule has 1 atom stereocenters. The minimum absolute atomic E-state index is 0.386. The Kier molecular flexibility index (Phi) is 22.5. The number of hydrogen-bond donors (Lipinski definition) is 0. The van der Waals surface area contributed by atoms with Crippen molar-refractivity contribution in [2.24, 2.45) is 0 Å². The van der Waals surface area contributed by atoms with Crippen molar-refractivity contribution < 1.29 is 3.79 Å². The summed E-state index contributed by atoms with van der Waals surface area (Å²) in [4.78, 5) is 2.63.